The second kappa shape index (κ2) is 6.08. The van der Waals surface area contributed by atoms with Gasteiger partial charge in [-0.25, -0.2) is 18.1 Å². The van der Waals surface area contributed by atoms with Crippen LogP contribution < -0.4 is 0 Å². The van der Waals surface area contributed by atoms with Gasteiger partial charge in [-0.3, -0.25) is 0 Å². The van der Waals surface area contributed by atoms with Crippen LogP contribution in [-0.2, 0) is 22.8 Å². The molecule has 0 unspecified atom stereocenters. The zero-order valence-corrected chi connectivity index (χ0v) is 13.3. The van der Waals surface area contributed by atoms with Gasteiger partial charge in [-0.1, -0.05) is 19.4 Å². The summed E-state index contributed by atoms with van der Waals surface area (Å²) in [7, 11) is -3.04. The molecule has 2 aromatic rings. The minimum Gasteiger partial charge on any atom is -0.461 e. The van der Waals surface area contributed by atoms with E-state index in [1.54, 1.807) is 18.4 Å². The Morgan fingerprint density at radius 2 is 2.32 bits per heavy atom. The fraction of sp³-hybridized carbons (Fsp3) is 0.467. The molecular formula is C15H19N3O3S. The molecule has 118 valence electrons. The van der Waals surface area contributed by atoms with E-state index in [1.807, 2.05) is 10.7 Å². The Bertz CT molecular complexity index is 760. The third-order valence-electron chi connectivity index (χ3n) is 3.66. The van der Waals surface area contributed by atoms with Crippen LogP contribution in [0.25, 0.3) is 11.6 Å². The van der Waals surface area contributed by atoms with Gasteiger partial charge in [0.15, 0.2) is 15.6 Å². The van der Waals surface area contributed by atoms with Gasteiger partial charge in [-0.2, -0.15) is 0 Å². The lowest BCUT2D eigenvalue weighted by molar-refractivity contribution is 0.525. The maximum absolute atomic E-state index is 11.5. The summed E-state index contributed by atoms with van der Waals surface area (Å²) in [6.07, 6.45) is 5.99. The van der Waals surface area contributed by atoms with E-state index in [0.29, 0.717) is 18.0 Å². The number of unbranched alkanes of at least 4 members (excludes halogenated alkanes) is 1. The van der Waals surface area contributed by atoms with Crippen LogP contribution in [0.15, 0.2) is 34.3 Å². The van der Waals surface area contributed by atoms with Gasteiger partial charge in [-0.15, -0.1) is 5.10 Å². The summed E-state index contributed by atoms with van der Waals surface area (Å²) >= 11 is 0. The van der Waals surface area contributed by atoms with Crippen molar-refractivity contribution in [3.05, 3.63) is 35.7 Å². The molecule has 0 aromatic carbocycles. The second-order valence-electron chi connectivity index (χ2n) is 5.53. The first-order valence-corrected chi connectivity index (χ1v) is 9.17. The molecular weight excluding hydrogens is 302 g/mol. The average molecular weight is 321 g/mol. The van der Waals surface area contributed by atoms with Crippen LogP contribution >= 0.6 is 0 Å². The van der Waals surface area contributed by atoms with Crippen LogP contribution in [0.5, 0.6) is 0 Å². The maximum atomic E-state index is 11.5. The van der Waals surface area contributed by atoms with Crippen molar-refractivity contribution in [1.29, 1.82) is 0 Å². The molecule has 0 aliphatic carbocycles. The summed E-state index contributed by atoms with van der Waals surface area (Å²) in [5, 5.41) is 5.81. The van der Waals surface area contributed by atoms with Gasteiger partial charge in [0, 0.05) is 18.4 Å². The quantitative estimate of drug-likeness (QED) is 0.816. The lowest BCUT2D eigenvalue weighted by Gasteiger charge is -2.08. The van der Waals surface area contributed by atoms with Gasteiger partial charge in [-0.05, 0) is 24.5 Å². The Hall–Kier alpha value is -1.89. The zero-order chi connectivity index (χ0) is 15.6. The summed E-state index contributed by atoms with van der Waals surface area (Å²) in [6, 6.07) is 3.62. The molecule has 0 fully saturated rings. The number of allylic oxidation sites excluding steroid dienone is 1. The van der Waals surface area contributed by atoms with Gasteiger partial charge < -0.3 is 4.42 Å². The maximum Gasteiger partial charge on any atom is 0.217 e. The van der Waals surface area contributed by atoms with Crippen LogP contribution in [0.2, 0.25) is 0 Å². The van der Waals surface area contributed by atoms with E-state index in [0.717, 1.165) is 25.2 Å². The van der Waals surface area contributed by atoms with Gasteiger partial charge >= 0.3 is 0 Å². The lowest BCUT2D eigenvalue weighted by Crippen LogP contribution is -2.13. The predicted octanol–water partition coefficient (Wildman–Crippen LogP) is 2.44. The molecule has 1 aliphatic heterocycles. The molecule has 0 saturated carbocycles. The average Bonchev–Trinajstić information content (AvgIpc) is 3.17. The molecule has 22 heavy (non-hydrogen) atoms. The first kappa shape index (κ1) is 15.0. The van der Waals surface area contributed by atoms with E-state index in [2.05, 4.69) is 17.0 Å². The van der Waals surface area contributed by atoms with E-state index in [-0.39, 0.29) is 11.7 Å². The predicted molar refractivity (Wildman–Crippen MR) is 82.8 cm³/mol. The fourth-order valence-electron chi connectivity index (χ4n) is 2.52. The lowest BCUT2D eigenvalue weighted by atomic mass is 10.1. The highest BCUT2D eigenvalue weighted by atomic mass is 32.2. The molecule has 3 rings (SSSR count). The van der Waals surface area contributed by atoms with Crippen molar-refractivity contribution in [2.45, 2.75) is 32.7 Å². The van der Waals surface area contributed by atoms with E-state index in [1.165, 1.54) is 5.41 Å². The number of hydrogen-bond acceptors (Lipinski definition) is 5. The number of rotatable bonds is 6. The summed E-state index contributed by atoms with van der Waals surface area (Å²) in [5.74, 6) is 2.13. The largest absolute Gasteiger partial charge is 0.461 e. The Balaban J connectivity index is 1.83. The first-order chi connectivity index (χ1) is 10.6. The smallest absolute Gasteiger partial charge is 0.217 e. The number of nitrogens with zero attached hydrogens (tertiary/aromatic N) is 3. The number of aromatic nitrogens is 3. The molecule has 3 heterocycles. The minimum absolute atomic E-state index is 0.0287. The number of aryl methyl sites for hydroxylation is 1. The third-order valence-corrected chi connectivity index (χ3v) is 5.13. The van der Waals surface area contributed by atoms with Crippen molar-refractivity contribution in [1.82, 2.24) is 14.8 Å². The highest BCUT2D eigenvalue weighted by Gasteiger charge is 2.24. The normalized spacial score (nSPS) is 19.8. The Labute approximate surface area is 129 Å². The van der Waals surface area contributed by atoms with E-state index >= 15 is 0 Å². The van der Waals surface area contributed by atoms with Crippen molar-refractivity contribution < 1.29 is 12.8 Å². The standard InChI is InChI=1S/C15H19N3O3S/c1-2-3-7-18-14(10-12-6-9-22(19,20)11-12)16-15(17-18)13-5-4-8-21-13/h4-6,8-9,12H,2-3,7,10-11H2,1H3/t12-/m1/s1. The molecule has 1 aliphatic rings. The number of sulfone groups is 1. The van der Waals surface area contributed by atoms with E-state index in [9.17, 15) is 8.42 Å². The molecule has 2 aromatic heterocycles. The van der Waals surface area contributed by atoms with Crippen molar-refractivity contribution >= 4 is 9.84 Å². The second-order valence-corrected chi connectivity index (χ2v) is 7.46. The highest BCUT2D eigenvalue weighted by Crippen LogP contribution is 2.22. The van der Waals surface area contributed by atoms with Crippen molar-refractivity contribution in [2.75, 3.05) is 5.75 Å². The number of furan rings is 1. The SMILES string of the molecule is CCCCn1nc(-c2ccco2)nc1C[C@H]1C=CS(=O)(=O)C1. The monoisotopic (exact) mass is 321 g/mol. The van der Waals surface area contributed by atoms with Crippen LogP contribution in [-0.4, -0.2) is 28.9 Å². The molecule has 6 nitrogen and oxygen atoms in total. The fourth-order valence-corrected chi connectivity index (χ4v) is 3.92. The Morgan fingerprint density at radius 1 is 1.45 bits per heavy atom. The summed E-state index contributed by atoms with van der Waals surface area (Å²) < 4.78 is 30.3. The molecule has 7 heteroatoms. The highest BCUT2D eigenvalue weighted by molar-refractivity contribution is 7.94. The van der Waals surface area contributed by atoms with Crippen molar-refractivity contribution in [2.24, 2.45) is 5.92 Å². The molecule has 1 atom stereocenters. The van der Waals surface area contributed by atoms with Crippen LogP contribution in [0.3, 0.4) is 0 Å². The van der Waals surface area contributed by atoms with Gasteiger partial charge in [0.2, 0.25) is 5.82 Å². The summed E-state index contributed by atoms with van der Waals surface area (Å²) in [6.45, 7) is 2.90. The topological polar surface area (TPSA) is 78.0 Å². The Morgan fingerprint density at radius 3 is 2.95 bits per heavy atom. The van der Waals surface area contributed by atoms with Gasteiger partial charge in [0.05, 0.1) is 12.0 Å². The van der Waals surface area contributed by atoms with Crippen molar-refractivity contribution in [3.8, 4) is 11.6 Å². The van der Waals surface area contributed by atoms with Crippen molar-refractivity contribution in [3.63, 3.8) is 0 Å². The molecule has 0 spiro atoms. The molecule has 0 amide bonds. The minimum atomic E-state index is -3.04. The molecule has 0 radical (unpaired) electrons. The van der Waals surface area contributed by atoms with Gasteiger partial charge in [0.1, 0.15) is 5.82 Å². The Kier molecular flexibility index (Phi) is 4.15. The summed E-state index contributed by atoms with van der Waals surface area (Å²) in [5.41, 5.74) is 0. The third kappa shape index (κ3) is 3.30. The van der Waals surface area contributed by atoms with E-state index in [4.69, 9.17) is 4.42 Å². The first-order valence-electron chi connectivity index (χ1n) is 7.46. The van der Waals surface area contributed by atoms with Crippen LogP contribution in [0.1, 0.15) is 25.6 Å². The summed E-state index contributed by atoms with van der Waals surface area (Å²) in [4.78, 5) is 4.55. The molecule has 0 bridgehead atoms. The van der Waals surface area contributed by atoms with Gasteiger partial charge in [0.25, 0.3) is 0 Å². The molecule has 0 N–H and O–H groups in total. The number of hydrogen-bond donors (Lipinski definition) is 0. The zero-order valence-electron chi connectivity index (χ0n) is 12.5. The molecule has 0 saturated heterocycles. The van der Waals surface area contributed by atoms with Crippen LogP contribution in [0, 0.1) is 5.92 Å². The van der Waals surface area contributed by atoms with E-state index < -0.39 is 9.84 Å². The van der Waals surface area contributed by atoms with Crippen LogP contribution in [0.4, 0.5) is 0 Å².